The number of amides is 8. The zero-order chi connectivity index (χ0) is 59.4. The number of hydrogen-bond acceptors (Lipinski definition) is 11. The first-order chi connectivity index (χ1) is 37.0. The lowest BCUT2D eigenvalue weighted by Crippen LogP contribution is -2.62. The molecule has 0 bridgehead atoms. The number of nitrogens with one attached hydrogen (secondary N) is 3. The lowest BCUT2D eigenvalue weighted by Gasteiger charge is -2.39. The predicted molar refractivity (Wildman–Crippen MR) is 301 cm³/mol. The summed E-state index contributed by atoms with van der Waals surface area (Å²) < 4.78 is 6.09. The molecule has 0 aromatic heterocycles. The number of nitrogens with zero attached hydrogens (tertiary/aromatic N) is 5. The van der Waals surface area contributed by atoms with Gasteiger partial charge in [-0.1, -0.05) is 130 Å². The summed E-state index contributed by atoms with van der Waals surface area (Å²) >= 11 is 0. The van der Waals surface area contributed by atoms with Crippen LogP contribution in [0.4, 0.5) is 0 Å². The highest BCUT2D eigenvalue weighted by Crippen LogP contribution is 2.27. The Morgan fingerprint density at radius 1 is 0.646 bits per heavy atom. The Labute approximate surface area is 468 Å². The number of cyclic esters (lactones) is 1. The highest BCUT2D eigenvalue weighted by molar-refractivity contribution is 5.99. The van der Waals surface area contributed by atoms with Crippen LogP contribution in [0.2, 0.25) is 0 Å². The average Bonchev–Trinajstić information content (AvgIpc) is 3.89. The molecule has 0 aliphatic carbocycles. The van der Waals surface area contributed by atoms with E-state index >= 15 is 9.59 Å². The van der Waals surface area contributed by atoms with Crippen LogP contribution in [0, 0.1) is 23.7 Å². The van der Waals surface area contributed by atoms with E-state index < -0.39 is 131 Å². The molecule has 4 rings (SSSR count). The molecule has 79 heavy (non-hydrogen) atoms. The van der Waals surface area contributed by atoms with Crippen LogP contribution in [-0.4, -0.2) is 178 Å². The van der Waals surface area contributed by atoms with Crippen molar-refractivity contribution in [2.45, 2.75) is 181 Å². The Morgan fingerprint density at radius 3 is 1.62 bits per heavy atom. The molecule has 10 atom stereocenters. The number of rotatable bonds is 13. The topological polar surface area (TPSA) is 235 Å². The van der Waals surface area contributed by atoms with E-state index in [9.17, 15) is 38.7 Å². The van der Waals surface area contributed by atoms with Crippen LogP contribution in [0.25, 0.3) is 0 Å². The second-order valence-corrected chi connectivity index (χ2v) is 23.3. The van der Waals surface area contributed by atoms with E-state index in [1.165, 1.54) is 61.6 Å². The fraction of sp³-hybridized carbons (Fsp3) is 0.617. The van der Waals surface area contributed by atoms with Crippen LogP contribution >= 0.6 is 0 Å². The molecule has 2 aromatic rings. The minimum atomic E-state index is -1.98. The molecule has 8 amide bonds. The molecule has 2 heterocycles. The van der Waals surface area contributed by atoms with Crippen LogP contribution in [0.5, 0.6) is 0 Å². The normalized spacial score (nSPS) is 26.0. The largest absolute Gasteiger partial charge is 0.450 e. The third-order valence-corrected chi connectivity index (χ3v) is 15.4. The quantitative estimate of drug-likeness (QED) is 0.163. The number of ether oxygens (including phenoxy) is 1. The summed E-state index contributed by atoms with van der Waals surface area (Å²) in [5, 5.41) is 20.3. The van der Waals surface area contributed by atoms with Gasteiger partial charge in [-0.25, -0.2) is 4.79 Å². The molecule has 4 N–H and O–H groups in total. The van der Waals surface area contributed by atoms with Gasteiger partial charge in [-0.3, -0.25) is 38.4 Å². The Hall–Kier alpha value is -6.63. The molecular formula is C60H90N8O11. The Kier molecular flexibility index (Phi) is 23.4. The number of benzene rings is 2. The fourth-order valence-electron chi connectivity index (χ4n) is 10.8. The lowest BCUT2D eigenvalue weighted by atomic mass is 9.94. The van der Waals surface area contributed by atoms with Gasteiger partial charge in [0.05, 0.1) is 5.60 Å². The van der Waals surface area contributed by atoms with Crippen molar-refractivity contribution in [3.63, 3.8) is 0 Å². The summed E-state index contributed by atoms with van der Waals surface area (Å²) in [6, 6.07) is 7.70. The van der Waals surface area contributed by atoms with Gasteiger partial charge in [-0.2, -0.15) is 0 Å². The predicted octanol–water partition coefficient (Wildman–Crippen LogP) is 4.29. The number of carbonyl (C=O) groups excluding carboxylic acids is 9. The van der Waals surface area contributed by atoms with Crippen molar-refractivity contribution >= 4 is 53.2 Å². The molecule has 0 radical (unpaired) electrons. The molecular weight excluding hydrogens is 1010 g/mol. The number of aliphatic hydroxyl groups is 1. The average molecular weight is 1100 g/mol. The zero-order valence-corrected chi connectivity index (χ0v) is 49.4. The molecule has 2 fully saturated rings. The first kappa shape index (κ1) is 64.9. The maximum atomic E-state index is 15.3. The highest BCUT2D eigenvalue weighted by Gasteiger charge is 2.48. The number of carbonyl (C=O) groups is 9. The number of likely N-dealkylation sites (N-methyl/N-ethyl adjacent to an activating group) is 4. The third kappa shape index (κ3) is 16.3. The monoisotopic (exact) mass is 1100 g/mol. The van der Waals surface area contributed by atoms with Crippen molar-refractivity contribution in [3.05, 3.63) is 83.9 Å². The van der Waals surface area contributed by atoms with E-state index in [2.05, 4.69) is 22.5 Å². The van der Waals surface area contributed by atoms with Crippen molar-refractivity contribution in [1.82, 2.24) is 40.4 Å². The first-order valence-corrected chi connectivity index (χ1v) is 27.9. The van der Waals surface area contributed by atoms with Crippen molar-refractivity contribution in [2.75, 3.05) is 34.7 Å². The molecule has 436 valence electrons. The van der Waals surface area contributed by atoms with Gasteiger partial charge < -0.3 is 50.3 Å². The summed E-state index contributed by atoms with van der Waals surface area (Å²) in [6.45, 7) is 22.8. The van der Waals surface area contributed by atoms with Gasteiger partial charge >= 0.3 is 5.97 Å². The van der Waals surface area contributed by atoms with Gasteiger partial charge in [-0.05, 0) is 80.4 Å². The van der Waals surface area contributed by atoms with E-state index in [0.717, 1.165) is 4.90 Å². The van der Waals surface area contributed by atoms with Gasteiger partial charge in [0.15, 0.2) is 12.1 Å². The van der Waals surface area contributed by atoms with Gasteiger partial charge in [0, 0.05) is 53.5 Å². The van der Waals surface area contributed by atoms with Crippen LogP contribution in [0.15, 0.2) is 72.8 Å². The van der Waals surface area contributed by atoms with Gasteiger partial charge in [-0.15, -0.1) is 0 Å². The Morgan fingerprint density at radius 2 is 1.14 bits per heavy atom. The van der Waals surface area contributed by atoms with Crippen molar-refractivity contribution < 1.29 is 53.0 Å². The molecule has 2 aliphatic heterocycles. The van der Waals surface area contributed by atoms with E-state index in [1.54, 1.807) is 72.7 Å². The lowest BCUT2D eigenvalue weighted by molar-refractivity contribution is -0.177. The summed E-state index contributed by atoms with van der Waals surface area (Å²) in [5.74, 6) is -8.51. The summed E-state index contributed by atoms with van der Waals surface area (Å²) in [5.41, 5.74) is -0.251. The molecule has 19 nitrogen and oxygen atoms in total. The molecule has 0 spiro atoms. The minimum absolute atomic E-state index is 0.0150. The summed E-state index contributed by atoms with van der Waals surface area (Å²) in [6.07, 6.45) is -0.193. The SMILES string of the molecule is C=C(CC)[C@@H]1NC(=O)[C@@H]2CCCN2C(=O)[C@H](Cc2ccccc2)N(C)C(=O)[C@H](Cc2ccccc2)NC(=O)[C@H](C(C)C)N(C)C(=O)[C@@H](C(C)CC)OC(=O)[C@H](C(C)(C)O)N(C)C(=O)[C@H](CC(C)C)NC(=O)[C@H](C(C)C)N(C)C1=O. The Balaban J connectivity index is 1.98. The van der Waals surface area contributed by atoms with Gasteiger partial charge in [0.2, 0.25) is 41.4 Å². The van der Waals surface area contributed by atoms with Crippen LogP contribution < -0.4 is 16.0 Å². The molecule has 2 aliphatic rings. The van der Waals surface area contributed by atoms with E-state index in [0.29, 0.717) is 29.5 Å². The van der Waals surface area contributed by atoms with Crippen LogP contribution in [0.3, 0.4) is 0 Å². The second kappa shape index (κ2) is 28.5. The highest BCUT2D eigenvalue weighted by atomic mass is 16.6. The fourth-order valence-corrected chi connectivity index (χ4v) is 10.8. The third-order valence-electron chi connectivity index (χ3n) is 15.4. The molecule has 0 saturated carbocycles. The van der Waals surface area contributed by atoms with E-state index in [1.807, 2.05) is 50.2 Å². The maximum absolute atomic E-state index is 15.3. The van der Waals surface area contributed by atoms with Crippen LogP contribution in [0.1, 0.15) is 119 Å². The van der Waals surface area contributed by atoms with Crippen molar-refractivity contribution in [1.29, 1.82) is 0 Å². The van der Waals surface area contributed by atoms with Crippen LogP contribution in [-0.2, 0) is 60.7 Å². The number of esters is 1. The standard InChI is InChI=1S/C60H90N8O11/c1-17-38(9)46-57(75)65(14)47(36(5)6)52(70)61-42(32-35(3)4)55(73)67(16)50(60(11,12)78)59(77)79-49(39(10)18-2)58(76)66(15)48(37(7)8)53(71)62-43(33-40-26-21-19-22-27-40)54(72)64(13)45(34-41-28-23-20-24-29-41)56(74)68-31-25-30-44(68)51(69)63-46/h19-24,26-29,35-37,39,42-50,78H,9,17-18,25,30-34H2,1-8,10-16H3,(H,61,70)(H,62,71)(H,63,69)/t39?,42-,43-,44-,45-,46-,47-,48-,49+,50+/m0/s1. The van der Waals surface area contributed by atoms with Gasteiger partial charge in [0.1, 0.15) is 42.3 Å². The molecule has 2 saturated heterocycles. The summed E-state index contributed by atoms with van der Waals surface area (Å²) in [7, 11) is 5.60. The molecule has 19 heteroatoms. The smallest absolute Gasteiger partial charge is 0.332 e. The van der Waals surface area contributed by atoms with E-state index in [4.69, 9.17) is 4.74 Å². The van der Waals surface area contributed by atoms with Crippen molar-refractivity contribution in [3.8, 4) is 0 Å². The van der Waals surface area contributed by atoms with Crippen molar-refractivity contribution in [2.24, 2.45) is 23.7 Å². The molecule has 1 unspecified atom stereocenters. The number of fused-ring (bicyclic) bond motifs is 1. The second-order valence-electron chi connectivity index (χ2n) is 23.3. The van der Waals surface area contributed by atoms with E-state index in [-0.39, 0.29) is 44.6 Å². The minimum Gasteiger partial charge on any atom is -0.450 e. The number of hydrogen-bond donors (Lipinski definition) is 4. The Bertz CT molecular complexity index is 2480. The molecule has 2 aromatic carbocycles. The first-order valence-electron chi connectivity index (χ1n) is 27.9. The zero-order valence-electron chi connectivity index (χ0n) is 49.4. The summed E-state index contributed by atoms with van der Waals surface area (Å²) in [4.78, 5) is 140. The van der Waals surface area contributed by atoms with Gasteiger partial charge in [0.25, 0.3) is 5.91 Å². The maximum Gasteiger partial charge on any atom is 0.332 e.